The first-order chi connectivity index (χ1) is 4.43. The predicted molar refractivity (Wildman–Crippen MR) is 41.7 cm³/mol. The van der Waals surface area contributed by atoms with E-state index < -0.39 is 0 Å². The third kappa shape index (κ3) is 2.43. The Labute approximate surface area is 62.5 Å². The van der Waals surface area contributed by atoms with Crippen LogP contribution in [0.3, 0.4) is 0 Å². The summed E-state index contributed by atoms with van der Waals surface area (Å²) in [6.07, 6.45) is 1.54. The van der Waals surface area contributed by atoms with Crippen LogP contribution in [0.15, 0.2) is 4.99 Å². The Hall–Kier alpha value is 0.0800. The second-order valence-electron chi connectivity index (χ2n) is 1.60. The number of isocyanates is 1. The van der Waals surface area contributed by atoms with Gasteiger partial charge in [0, 0.05) is 11.5 Å². The fraction of sp³-hybridized carbons (Fsp3) is 0.800. The first-order valence-corrected chi connectivity index (χ1v) is 4.80. The van der Waals surface area contributed by atoms with E-state index in [4.69, 9.17) is 0 Å². The van der Waals surface area contributed by atoms with Crippen molar-refractivity contribution >= 4 is 29.6 Å². The molecule has 1 fully saturated rings. The van der Waals surface area contributed by atoms with Crippen molar-refractivity contribution in [2.75, 3.05) is 18.1 Å². The maximum absolute atomic E-state index is 9.65. The molecule has 1 saturated heterocycles. The van der Waals surface area contributed by atoms with Crippen LogP contribution in [0.4, 0.5) is 0 Å². The van der Waals surface area contributed by atoms with Crippen LogP contribution in [-0.4, -0.2) is 28.7 Å². The van der Waals surface area contributed by atoms with Gasteiger partial charge in [0.05, 0.1) is 11.1 Å². The molecule has 9 heavy (non-hydrogen) atoms. The molecular formula is C5H7NOS2. The van der Waals surface area contributed by atoms with Crippen molar-refractivity contribution in [2.24, 2.45) is 4.99 Å². The molecule has 0 aromatic carbocycles. The van der Waals surface area contributed by atoms with Crippen LogP contribution in [0, 0.1) is 0 Å². The number of rotatable bonds is 2. The lowest BCUT2D eigenvalue weighted by Crippen LogP contribution is -1.95. The summed E-state index contributed by atoms with van der Waals surface area (Å²) in [7, 11) is 0. The fourth-order valence-corrected chi connectivity index (χ4v) is 3.24. The molecule has 0 aliphatic carbocycles. The average molecular weight is 161 g/mol. The van der Waals surface area contributed by atoms with Gasteiger partial charge in [0.1, 0.15) is 0 Å². The Kier molecular flexibility index (Phi) is 3.18. The maximum Gasteiger partial charge on any atom is 0.235 e. The number of aliphatic imine (C=N–C) groups is 1. The molecule has 0 spiro atoms. The summed E-state index contributed by atoms with van der Waals surface area (Å²) < 4.78 is 0.520. The molecule has 0 unspecified atom stereocenters. The summed E-state index contributed by atoms with van der Waals surface area (Å²) in [5, 5.41) is 0. The molecular weight excluding hydrogens is 154 g/mol. The predicted octanol–water partition coefficient (Wildman–Crippen LogP) is 1.13. The number of thioether (sulfide) groups is 2. The van der Waals surface area contributed by atoms with Crippen LogP contribution >= 0.6 is 23.5 Å². The zero-order valence-corrected chi connectivity index (χ0v) is 6.50. The highest BCUT2D eigenvalue weighted by molar-refractivity contribution is 8.20. The first kappa shape index (κ1) is 7.19. The summed E-state index contributed by atoms with van der Waals surface area (Å²) in [4.78, 5) is 13.2. The van der Waals surface area contributed by atoms with E-state index in [0.29, 0.717) is 11.1 Å². The molecule has 2 nitrogen and oxygen atoms in total. The lowest BCUT2D eigenvalue weighted by Gasteiger charge is -1.98. The van der Waals surface area contributed by atoms with Crippen LogP contribution < -0.4 is 0 Å². The van der Waals surface area contributed by atoms with E-state index in [0.717, 1.165) is 0 Å². The molecule has 1 aliphatic heterocycles. The smallest absolute Gasteiger partial charge is 0.211 e. The van der Waals surface area contributed by atoms with E-state index in [1.807, 2.05) is 23.5 Å². The highest BCUT2D eigenvalue weighted by atomic mass is 32.2. The Morgan fingerprint density at radius 2 is 2.22 bits per heavy atom. The van der Waals surface area contributed by atoms with Gasteiger partial charge in [-0.3, -0.25) is 0 Å². The molecule has 0 aromatic heterocycles. The van der Waals surface area contributed by atoms with E-state index in [1.165, 1.54) is 11.5 Å². The third-order valence-corrected chi connectivity index (χ3v) is 3.99. The maximum atomic E-state index is 9.65. The lowest BCUT2D eigenvalue weighted by molar-refractivity contribution is 0.563. The summed E-state index contributed by atoms with van der Waals surface area (Å²) in [5.74, 6) is 2.40. The molecule has 1 aliphatic rings. The monoisotopic (exact) mass is 161 g/mol. The van der Waals surface area contributed by atoms with Gasteiger partial charge in [-0.05, 0) is 0 Å². The van der Waals surface area contributed by atoms with Gasteiger partial charge in [0.2, 0.25) is 6.08 Å². The summed E-state index contributed by atoms with van der Waals surface area (Å²) >= 11 is 3.75. The van der Waals surface area contributed by atoms with Crippen molar-refractivity contribution < 1.29 is 4.79 Å². The first-order valence-electron chi connectivity index (χ1n) is 2.70. The quantitative estimate of drug-likeness (QED) is 0.449. The summed E-state index contributed by atoms with van der Waals surface area (Å²) in [6.45, 7) is 0.638. The number of nitrogens with zero attached hydrogens (tertiary/aromatic N) is 1. The van der Waals surface area contributed by atoms with E-state index in [-0.39, 0.29) is 0 Å². The minimum Gasteiger partial charge on any atom is -0.211 e. The number of carbonyl (C=O) groups excluding carboxylic acids is 1. The van der Waals surface area contributed by atoms with Gasteiger partial charge in [-0.2, -0.15) is 0 Å². The standard InChI is InChI=1S/C5H7NOS2/c7-4-6-3-5-8-1-2-9-5/h5H,1-3H2. The molecule has 0 saturated carbocycles. The minimum absolute atomic E-state index is 0.520. The molecule has 0 N–H and O–H groups in total. The average Bonchev–Trinajstić information content (AvgIpc) is 2.34. The van der Waals surface area contributed by atoms with Gasteiger partial charge in [0.25, 0.3) is 0 Å². The normalized spacial score (nSPS) is 19.6. The van der Waals surface area contributed by atoms with Crippen LogP contribution in [0.1, 0.15) is 0 Å². The zero-order valence-electron chi connectivity index (χ0n) is 4.87. The highest BCUT2D eigenvalue weighted by Crippen LogP contribution is 2.31. The van der Waals surface area contributed by atoms with Gasteiger partial charge in [0.15, 0.2) is 0 Å². The van der Waals surface area contributed by atoms with Gasteiger partial charge in [-0.1, -0.05) is 0 Å². The summed E-state index contributed by atoms with van der Waals surface area (Å²) in [5.41, 5.74) is 0. The van der Waals surface area contributed by atoms with E-state index in [2.05, 4.69) is 4.99 Å². The second-order valence-corrected chi connectivity index (χ2v) is 4.52. The molecule has 0 aromatic rings. The lowest BCUT2D eigenvalue weighted by atomic mass is 10.8. The Morgan fingerprint density at radius 3 is 2.78 bits per heavy atom. The van der Waals surface area contributed by atoms with Crippen molar-refractivity contribution in [2.45, 2.75) is 4.58 Å². The van der Waals surface area contributed by atoms with Crippen molar-refractivity contribution in [3.05, 3.63) is 0 Å². The largest absolute Gasteiger partial charge is 0.235 e. The zero-order chi connectivity index (χ0) is 6.53. The fourth-order valence-electron chi connectivity index (χ4n) is 0.624. The van der Waals surface area contributed by atoms with Crippen LogP contribution in [0.5, 0.6) is 0 Å². The molecule has 1 rings (SSSR count). The van der Waals surface area contributed by atoms with E-state index >= 15 is 0 Å². The van der Waals surface area contributed by atoms with E-state index in [1.54, 1.807) is 6.08 Å². The van der Waals surface area contributed by atoms with Gasteiger partial charge < -0.3 is 0 Å². The third-order valence-electron chi connectivity index (χ3n) is 0.996. The SMILES string of the molecule is O=C=NCC1SCCS1. The van der Waals surface area contributed by atoms with Crippen molar-refractivity contribution in [1.29, 1.82) is 0 Å². The molecule has 4 heteroatoms. The van der Waals surface area contributed by atoms with Crippen molar-refractivity contribution in [3.8, 4) is 0 Å². The van der Waals surface area contributed by atoms with Gasteiger partial charge in [-0.25, -0.2) is 9.79 Å². The van der Waals surface area contributed by atoms with Crippen molar-refractivity contribution in [3.63, 3.8) is 0 Å². The Bertz CT molecular complexity index is 127. The van der Waals surface area contributed by atoms with Crippen LogP contribution in [0.2, 0.25) is 0 Å². The number of hydrogen-bond acceptors (Lipinski definition) is 4. The molecule has 0 bridgehead atoms. The topological polar surface area (TPSA) is 29.4 Å². The highest BCUT2D eigenvalue weighted by Gasteiger charge is 2.14. The summed E-state index contributed by atoms with van der Waals surface area (Å²) in [6, 6.07) is 0. The van der Waals surface area contributed by atoms with E-state index in [9.17, 15) is 4.79 Å². The van der Waals surface area contributed by atoms with Crippen LogP contribution in [0.25, 0.3) is 0 Å². The molecule has 0 amide bonds. The van der Waals surface area contributed by atoms with Crippen LogP contribution in [-0.2, 0) is 4.79 Å². The molecule has 50 valence electrons. The number of hydrogen-bond donors (Lipinski definition) is 0. The van der Waals surface area contributed by atoms with Crippen molar-refractivity contribution in [1.82, 2.24) is 0 Å². The molecule has 0 radical (unpaired) electrons. The Morgan fingerprint density at radius 1 is 1.56 bits per heavy atom. The molecule has 1 heterocycles. The van der Waals surface area contributed by atoms with Gasteiger partial charge in [-0.15, -0.1) is 23.5 Å². The van der Waals surface area contributed by atoms with Gasteiger partial charge >= 0.3 is 0 Å². The Balaban J connectivity index is 2.18. The minimum atomic E-state index is 0.520. The molecule has 0 atom stereocenters. The second kappa shape index (κ2) is 3.99.